The standard InChI is InChI=1S/C29H26FIN4O4/c1-38-13-14-39-21-10-7-19(8-11-21)26-28(36)35(29(37)34-26)25(15-18-5-3-2-4-6-18)27-32-17-24(33-27)22-12-9-20(31)16-23(22)30/h2-12,16-17,25,36H,13-15H2,1H3,(H,32,33)(H,34,37)/t25-/m0/s1. The normalized spacial score (nSPS) is 12.0. The molecule has 8 nitrogen and oxygen atoms in total. The number of hydrogen-bond donors (Lipinski definition) is 3. The molecule has 2 heterocycles. The Labute approximate surface area is 237 Å². The number of imidazole rings is 2. The molecule has 0 aliphatic carbocycles. The van der Waals surface area contributed by atoms with Crippen LogP contribution in [0, 0.1) is 9.39 Å². The molecule has 5 aromatic rings. The lowest BCUT2D eigenvalue weighted by Gasteiger charge is -2.17. The van der Waals surface area contributed by atoms with E-state index in [1.54, 1.807) is 37.4 Å². The quantitative estimate of drug-likeness (QED) is 0.137. The first-order chi connectivity index (χ1) is 18.9. The molecule has 0 saturated heterocycles. The van der Waals surface area contributed by atoms with Gasteiger partial charge in [0, 0.05) is 28.2 Å². The fourth-order valence-corrected chi connectivity index (χ4v) is 4.84. The van der Waals surface area contributed by atoms with Crippen molar-refractivity contribution in [1.29, 1.82) is 0 Å². The highest BCUT2D eigenvalue weighted by atomic mass is 127. The molecule has 0 aliphatic heterocycles. The monoisotopic (exact) mass is 640 g/mol. The number of nitrogens with zero attached hydrogens (tertiary/aromatic N) is 2. The van der Waals surface area contributed by atoms with Crippen LogP contribution in [0.1, 0.15) is 17.4 Å². The van der Waals surface area contributed by atoms with Gasteiger partial charge in [0.05, 0.1) is 18.5 Å². The van der Waals surface area contributed by atoms with Gasteiger partial charge in [-0.3, -0.25) is 4.57 Å². The SMILES string of the molecule is COCCOc1ccc(-c2[nH]c(=O)n([C@@H](Cc3ccccc3)c3ncc(-c4ccc(I)cc4F)[nH]3)c2O)cc1. The minimum Gasteiger partial charge on any atom is -0.493 e. The smallest absolute Gasteiger partial charge is 0.329 e. The Balaban J connectivity index is 1.52. The third-order valence-electron chi connectivity index (χ3n) is 6.32. The molecule has 0 bridgehead atoms. The number of methoxy groups -OCH3 is 1. The summed E-state index contributed by atoms with van der Waals surface area (Å²) < 4.78 is 27.3. The maximum absolute atomic E-state index is 14.7. The van der Waals surface area contributed by atoms with E-state index in [1.165, 1.54) is 16.8 Å². The Morgan fingerprint density at radius 2 is 1.82 bits per heavy atom. The number of aromatic nitrogens is 4. The van der Waals surface area contributed by atoms with Gasteiger partial charge in [0.25, 0.3) is 0 Å². The second-order valence-corrected chi connectivity index (χ2v) is 10.1. The van der Waals surface area contributed by atoms with Crippen LogP contribution in [-0.4, -0.2) is 44.9 Å². The molecule has 3 N–H and O–H groups in total. The second-order valence-electron chi connectivity index (χ2n) is 8.88. The van der Waals surface area contributed by atoms with Crippen molar-refractivity contribution in [1.82, 2.24) is 19.5 Å². The average Bonchev–Trinajstić information content (AvgIpc) is 3.53. The highest BCUT2D eigenvalue weighted by Gasteiger charge is 2.26. The van der Waals surface area contributed by atoms with Crippen molar-refractivity contribution in [2.24, 2.45) is 0 Å². The molecule has 0 saturated carbocycles. The summed E-state index contributed by atoms with van der Waals surface area (Å²) in [7, 11) is 1.60. The van der Waals surface area contributed by atoms with Crippen molar-refractivity contribution in [3.8, 4) is 34.1 Å². The molecule has 0 amide bonds. The molecule has 2 aromatic heterocycles. The summed E-state index contributed by atoms with van der Waals surface area (Å²) in [5.41, 5.74) is 2.17. The molecule has 0 aliphatic rings. The van der Waals surface area contributed by atoms with Gasteiger partial charge in [0.1, 0.15) is 35.7 Å². The maximum Gasteiger partial charge on any atom is 0.329 e. The van der Waals surface area contributed by atoms with E-state index in [1.807, 2.05) is 36.4 Å². The van der Waals surface area contributed by atoms with Crippen LogP contribution in [0.25, 0.3) is 22.5 Å². The lowest BCUT2D eigenvalue weighted by atomic mass is 10.0. The van der Waals surface area contributed by atoms with Crippen LogP contribution >= 0.6 is 22.6 Å². The number of ether oxygens (including phenoxy) is 2. The maximum atomic E-state index is 14.7. The van der Waals surface area contributed by atoms with Crippen molar-refractivity contribution in [3.05, 3.63) is 110 Å². The highest BCUT2D eigenvalue weighted by Crippen LogP contribution is 2.33. The van der Waals surface area contributed by atoms with Gasteiger partial charge >= 0.3 is 5.69 Å². The Morgan fingerprint density at radius 1 is 1.05 bits per heavy atom. The first-order valence-corrected chi connectivity index (χ1v) is 13.3. The summed E-state index contributed by atoms with van der Waals surface area (Å²) in [6.45, 7) is 0.874. The topological polar surface area (TPSA) is 105 Å². The third kappa shape index (κ3) is 5.91. The molecule has 0 fully saturated rings. The molecule has 0 spiro atoms. The largest absolute Gasteiger partial charge is 0.493 e. The Kier molecular flexibility index (Phi) is 8.13. The number of H-pyrrole nitrogens is 2. The van der Waals surface area contributed by atoms with Gasteiger partial charge in [-0.05, 0) is 70.6 Å². The molecule has 0 radical (unpaired) electrons. The number of nitrogens with one attached hydrogen (secondary N) is 2. The average molecular weight is 640 g/mol. The lowest BCUT2D eigenvalue weighted by molar-refractivity contribution is 0.146. The van der Waals surface area contributed by atoms with Crippen LogP contribution in [0.4, 0.5) is 4.39 Å². The molecular weight excluding hydrogens is 614 g/mol. The lowest BCUT2D eigenvalue weighted by Crippen LogP contribution is -2.25. The Bertz CT molecular complexity index is 1610. The van der Waals surface area contributed by atoms with E-state index < -0.39 is 11.7 Å². The molecule has 10 heteroatoms. The summed E-state index contributed by atoms with van der Waals surface area (Å²) in [6, 6.07) is 20.9. The van der Waals surface area contributed by atoms with Crippen molar-refractivity contribution in [2.75, 3.05) is 20.3 Å². The van der Waals surface area contributed by atoms with Gasteiger partial charge < -0.3 is 24.5 Å². The zero-order valence-electron chi connectivity index (χ0n) is 21.0. The zero-order valence-corrected chi connectivity index (χ0v) is 23.2. The number of aromatic hydroxyl groups is 1. The molecule has 3 aromatic carbocycles. The predicted molar refractivity (Wildman–Crippen MR) is 155 cm³/mol. The van der Waals surface area contributed by atoms with Gasteiger partial charge in [-0.15, -0.1) is 0 Å². The molecule has 5 rings (SSSR count). The van der Waals surface area contributed by atoms with Crippen LogP contribution in [0.2, 0.25) is 0 Å². The van der Waals surface area contributed by atoms with Gasteiger partial charge in [-0.1, -0.05) is 30.3 Å². The Morgan fingerprint density at radius 3 is 2.54 bits per heavy atom. The highest BCUT2D eigenvalue weighted by molar-refractivity contribution is 14.1. The molecule has 200 valence electrons. The number of rotatable bonds is 10. The fraction of sp³-hybridized carbons (Fsp3) is 0.172. The number of hydrogen-bond acceptors (Lipinski definition) is 5. The van der Waals surface area contributed by atoms with E-state index in [4.69, 9.17) is 9.47 Å². The van der Waals surface area contributed by atoms with Crippen LogP contribution < -0.4 is 10.4 Å². The van der Waals surface area contributed by atoms with Gasteiger partial charge in [-0.25, -0.2) is 14.2 Å². The molecule has 1 atom stereocenters. The number of aromatic amines is 2. The van der Waals surface area contributed by atoms with Crippen molar-refractivity contribution in [3.63, 3.8) is 0 Å². The summed E-state index contributed by atoms with van der Waals surface area (Å²) in [5, 5.41) is 11.3. The molecular formula is C29H26FIN4O4. The summed E-state index contributed by atoms with van der Waals surface area (Å²) >= 11 is 2.05. The van der Waals surface area contributed by atoms with E-state index in [-0.39, 0.29) is 17.4 Å². The van der Waals surface area contributed by atoms with Crippen molar-refractivity contribution in [2.45, 2.75) is 12.5 Å². The Hall–Kier alpha value is -3.90. The minimum atomic E-state index is -0.692. The summed E-state index contributed by atoms with van der Waals surface area (Å²) in [6.07, 6.45) is 1.90. The van der Waals surface area contributed by atoms with Crippen LogP contribution in [0.5, 0.6) is 11.6 Å². The second kappa shape index (κ2) is 11.9. The predicted octanol–water partition coefficient (Wildman–Crippen LogP) is 5.54. The molecule has 0 unspecified atom stereocenters. The van der Waals surface area contributed by atoms with Crippen molar-refractivity contribution < 1.29 is 19.0 Å². The minimum absolute atomic E-state index is 0.229. The third-order valence-corrected chi connectivity index (χ3v) is 6.99. The van der Waals surface area contributed by atoms with E-state index in [2.05, 4.69) is 37.5 Å². The zero-order chi connectivity index (χ0) is 27.4. The van der Waals surface area contributed by atoms with E-state index in [0.717, 1.165) is 9.13 Å². The van der Waals surface area contributed by atoms with E-state index in [9.17, 15) is 14.3 Å². The summed E-state index contributed by atoms with van der Waals surface area (Å²) in [4.78, 5) is 23.7. The van der Waals surface area contributed by atoms with E-state index in [0.29, 0.717) is 48.0 Å². The van der Waals surface area contributed by atoms with Crippen LogP contribution in [0.3, 0.4) is 0 Å². The van der Waals surface area contributed by atoms with Gasteiger partial charge in [0.15, 0.2) is 0 Å². The molecule has 39 heavy (non-hydrogen) atoms. The fourth-order valence-electron chi connectivity index (χ4n) is 4.39. The van der Waals surface area contributed by atoms with Crippen LogP contribution in [-0.2, 0) is 11.2 Å². The number of benzene rings is 3. The first kappa shape index (κ1) is 26.7. The van der Waals surface area contributed by atoms with E-state index >= 15 is 0 Å². The summed E-state index contributed by atoms with van der Waals surface area (Å²) in [5.74, 6) is 0.448. The van der Waals surface area contributed by atoms with Crippen molar-refractivity contribution >= 4 is 22.6 Å². The van der Waals surface area contributed by atoms with Gasteiger partial charge in [-0.2, -0.15) is 0 Å². The van der Waals surface area contributed by atoms with Gasteiger partial charge in [0.2, 0.25) is 5.88 Å². The first-order valence-electron chi connectivity index (χ1n) is 12.2. The van der Waals surface area contributed by atoms with Crippen LogP contribution in [0.15, 0.2) is 83.8 Å². The number of halogens is 2.